The second-order valence-electron chi connectivity index (χ2n) is 5.73. The van der Waals surface area contributed by atoms with Gasteiger partial charge < -0.3 is 4.74 Å². The first-order chi connectivity index (χ1) is 13.2. The van der Waals surface area contributed by atoms with Crippen LogP contribution in [0.15, 0.2) is 47.4 Å². The van der Waals surface area contributed by atoms with Gasteiger partial charge in [-0.1, -0.05) is 13.8 Å². The SMILES string of the molecule is CCN(CC)S(=O)(=O)c1ccc(F)c(C(=O)OCc2ccc([N+](=O)[O-])cc2)c1. The second-order valence-corrected chi connectivity index (χ2v) is 7.67. The smallest absolute Gasteiger partial charge is 0.341 e. The summed E-state index contributed by atoms with van der Waals surface area (Å²) in [5.74, 6) is -1.94. The van der Waals surface area contributed by atoms with Crippen LogP contribution in [0.2, 0.25) is 0 Å². The summed E-state index contributed by atoms with van der Waals surface area (Å²) in [6, 6.07) is 8.25. The number of nitrogens with zero attached hydrogens (tertiary/aromatic N) is 2. The maximum absolute atomic E-state index is 14.1. The van der Waals surface area contributed by atoms with Gasteiger partial charge in [0.05, 0.1) is 15.4 Å². The molecular weight excluding hydrogens is 391 g/mol. The van der Waals surface area contributed by atoms with E-state index in [2.05, 4.69) is 0 Å². The van der Waals surface area contributed by atoms with Crippen molar-refractivity contribution < 1.29 is 27.3 Å². The van der Waals surface area contributed by atoms with Crippen LogP contribution < -0.4 is 0 Å². The van der Waals surface area contributed by atoms with Crippen LogP contribution >= 0.6 is 0 Å². The molecule has 0 N–H and O–H groups in total. The van der Waals surface area contributed by atoms with Gasteiger partial charge >= 0.3 is 5.97 Å². The van der Waals surface area contributed by atoms with E-state index >= 15 is 0 Å². The molecule has 0 fully saturated rings. The van der Waals surface area contributed by atoms with Crippen molar-refractivity contribution in [1.29, 1.82) is 0 Å². The molecular formula is C18H19FN2O6S. The highest BCUT2D eigenvalue weighted by atomic mass is 32.2. The van der Waals surface area contributed by atoms with Crippen molar-refractivity contribution in [3.63, 3.8) is 0 Å². The topological polar surface area (TPSA) is 107 Å². The number of hydrogen-bond acceptors (Lipinski definition) is 6. The highest BCUT2D eigenvalue weighted by Crippen LogP contribution is 2.20. The van der Waals surface area contributed by atoms with E-state index in [0.717, 1.165) is 18.2 Å². The summed E-state index contributed by atoms with van der Waals surface area (Å²) in [7, 11) is -3.86. The minimum absolute atomic E-state index is 0.115. The predicted molar refractivity (Wildman–Crippen MR) is 98.7 cm³/mol. The standard InChI is InChI=1S/C18H19FN2O6S/c1-3-20(4-2)28(25,26)15-9-10-17(19)16(11-15)18(22)27-12-13-5-7-14(8-6-13)21(23)24/h5-11H,3-4,12H2,1-2H3. The molecule has 0 aliphatic carbocycles. The lowest BCUT2D eigenvalue weighted by molar-refractivity contribution is -0.384. The average Bonchev–Trinajstić information content (AvgIpc) is 2.67. The lowest BCUT2D eigenvalue weighted by Gasteiger charge is -2.18. The highest BCUT2D eigenvalue weighted by molar-refractivity contribution is 7.89. The van der Waals surface area contributed by atoms with Gasteiger partial charge in [0, 0.05) is 25.2 Å². The molecule has 0 bridgehead atoms. The first kappa shape index (κ1) is 21.5. The van der Waals surface area contributed by atoms with Crippen LogP contribution in [0.3, 0.4) is 0 Å². The fourth-order valence-electron chi connectivity index (χ4n) is 2.47. The number of ether oxygens (including phenoxy) is 1. The van der Waals surface area contributed by atoms with Crippen molar-refractivity contribution in [3.05, 3.63) is 69.5 Å². The molecule has 0 atom stereocenters. The van der Waals surface area contributed by atoms with Gasteiger partial charge in [0.2, 0.25) is 10.0 Å². The third kappa shape index (κ3) is 4.70. The third-order valence-corrected chi connectivity index (χ3v) is 6.06. The third-order valence-electron chi connectivity index (χ3n) is 4.02. The zero-order chi connectivity index (χ0) is 20.9. The monoisotopic (exact) mass is 410 g/mol. The van der Waals surface area contributed by atoms with Gasteiger partial charge in [-0.2, -0.15) is 4.31 Å². The Hall–Kier alpha value is -2.85. The van der Waals surface area contributed by atoms with Crippen LogP contribution in [0.4, 0.5) is 10.1 Å². The number of halogens is 1. The lowest BCUT2D eigenvalue weighted by atomic mass is 10.2. The summed E-state index contributed by atoms with van der Waals surface area (Å²) in [6.45, 7) is 3.56. The fraction of sp³-hybridized carbons (Fsp3) is 0.278. The maximum atomic E-state index is 14.1. The number of carbonyl (C=O) groups is 1. The largest absolute Gasteiger partial charge is 0.457 e. The number of carbonyl (C=O) groups excluding carboxylic acids is 1. The maximum Gasteiger partial charge on any atom is 0.341 e. The molecule has 0 radical (unpaired) electrons. The van der Waals surface area contributed by atoms with Gasteiger partial charge in [0.25, 0.3) is 5.69 Å². The van der Waals surface area contributed by atoms with Crippen molar-refractivity contribution in [3.8, 4) is 0 Å². The second kappa shape index (κ2) is 8.89. The Labute approximate surface area is 161 Å². The average molecular weight is 410 g/mol. The van der Waals surface area contributed by atoms with Crippen LogP contribution in [-0.2, 0) is 21.4 Å². The van der Waals surface area contributed by atoms with E-state index in [0.29, 0.717) is 5.56 Å². The molecule has 10 heteroatoms. The molecule has 0 spiro atoms. The Bertz CT molecular complexity index is 972. The van der Waals surface area contributed by atoms with Crippen molar-refractivity contribution in [2.75, 3.05) is 13.1 Å². The number of nitro groups is 1. The Balaban J connectivity index is 2.20. The van der Waals surface area contributed by atoms with Gasteiger partial charge in [0.1, 0.15) is 12.4 Å². The molecule has 28 heavy (non-hydrogen) atoms. The van der Waals surface area contributed by atoms with E-state index in [4.69, 9.17) is 4.74 Å². The van der Waals surface area contributed by atoms with Gasteiger partial charge in [-0.3, -0.25) is 10.1 Å². The van der Waals surface area contributed by atoms with Crippen LogP contribution in [0, 0.1) is 15.9 Å². The predicted octanol–water partition coefficient (Wildman–Crippen LogP) is 3.12. The minimum Gasteiger partial charge on any atom is -0.457 e. The molecule has 0 aliphatic rings. The molecule has 0 saturated carbocycles. The summed E-state index contributed by atoms with van der Waals surface area (Å²) >= 11 is 0. The molecule has 0 unspecified atom stereocenters. The summed E-state index contributed by atoms with van der Waals surface area (Å²) in [5.41, 5.74) is -0.156. The van der Waals surface area contributed by atoms with Crippen LogP contribution in [-0.4, -0.2) is 36.7 Å². The summed E-state index contributed by atoms with van der Waals surface area (Å²) < 4.78 is 45.3. The molecule has 2 aromatic rings. The van der Waals surface area contributed by atoms with Gasteiger partial charge in [-0.15, -0.1) is 0 Å². The van der Waals surface area contributed by atoms with E-state index in [1.165, 1.54) is 28.6 Å². The molecule has 8 nitrogen and oxygen atoms in total. The number of esters is 1. The number of rotatable bonds is 8. The van der Waals surface area contributed by atoms with Gasteiger partial charge in [0.15, 0.2) is 0 Å². The molecule has 150 valence electrons. The first-order valence-corrected chi connectivity index (χ1v) is 9.84. The number of hydrogen-bond donors (Lipinski definition) is 0. The number of nitro benzene ring substituents is 1. The number of sulfonamides is 1. The zero-order valence-corrected chi connectivity index (χ0v) is 16.1. The van der Waals surface area contributed by atoms with Crippen molar-refractivity contribution in [1.82, 2.24) is 4.31 Å². The molecule has 0 aromatic heterocycles. The number of benzene rings is 2. The number of non-ortho nitro benzene ring substituents is 1. The van der Waals surface area contributed by atoms with Crippen molar-refractivity contribution in [2.24, 2.45) is 0 Å². The van der Waals surface area contributed by atoms with E-state index in [9.17, 15) is 27.7 Å². The molecule has 0 amide bonds. The molecule has 2 rings (SSSR count). The Kier molecular flexibility index (Phi) is 6.81. The van der Waals surface area contributed by atoms with E-state index < -0.39 is 32.3 Å². The zero-order valence-electron chi connectivity index (χ0n) is 15.3. The summed E-state index contributed by atoms with van der Waals surface area (Å²) in [5, 5.41) is 10.6. The van der Waals surface area contributed by atoms with Crippen molar-refractivity contribution in [2.45, 2.75) is 25.3 Å². The molecule has 2 aromatic carbocycles. The Morgan fingerprint density at radius 3 is 2.29 bits per heavy atom. The van der Waals surface area contributed by atoms with Gasteiger partial charge in [-0.25, -0.2) is 17.6 Å². The van der Waals surface area contributed by atoms with Gasteiger partial charge in [-0.05, 0) is 35.9 Å². The molecule has 0 heterocycles. The fourth-order valence-corrected chi connectivity index (χ4v) is 3.96. The highest BCUT2D eigenvalue weighted by Gasteiger charge is 2.24. The Morgan fingerprint density at radius 2 is 1.75 bits per heavy atom. The first-order valence-electron chi connectivity index (χ1n) is 8.40. The van der Waals surface area contributed by atoms with E-state index in [1.54, 1.807) is 13.8 Å². The molecule has 0 saturated heterocycles. The Morgan fingerprint density at radius 1 is 1.14 bits per heavy atom. The summed E-state index contributed by atoms with van der Waals surface area (Å²) in [4.78, 5) is 22.1. The quantitative estimate of drug-likeness (QED) is 0.376. The lowest BCUT2D eigenvalue weighted by Crippen LogP contribution is -2.30. The van der Waals surface area contributed by atoms with E-state index in [-0.39, 0.29) is 30.3 Å². The van der Waals surface area contributed by atoms with Crippen molar-refractivity contribution >= 4 is 21.7 Å². The minimum atomic E-state index is -3.86. The van der Waals surface area contributed by atoms with Crippen LogP contribution in [0.5, 0.6) is 0 Å². The van der Waals surface area contributed by atoms with E-state index in [1.807, 2.05) is 0 Å². The van der Waals surface area contributed by atoms with Crippen LogP contribution in [0.25, 0.3) is 0 Å². The van der Waals surface area contributed by atoms with Crippen LogP contribution in [0.1, 0.15) is 29.8 Å². The molecule has 0 aliphatic heterocycles. The normalized spacial score (nSPS) is 11.4. The summed E-state index contributed by atoms with van der Waals surface area (Å²) in [6.07, 6.45) is 0.